The SMILES string of the molecule is CCN(C[C@@H]1CCCN(CCc2cccc(F)c2)C1)C(=O)c1cscn1. The maximum Gasteiger partial charge on any atom is 0.273 e. The molecule has 0 aliphatic carbocycles. The predicted molar refractivity (Wildman–Crippen MR) is 103 cm³/mol. The molecule has 6 heteroatoms. The molecule has 1 aliphatic rings. The van der Waals surface area contributed by atoms with Crippen molar-refractivity contribution in [2.45, 2.75) is 26.2 Å². The van der Waals surface area contributed by atoms with E-state index in [4.69, 9.17) is 0 Å². The number of halogens is 1. The Hall–Kier alpha value is -1.79. The largest absolute Gasteiger partial charge is 0.337 e. The van der Waals surface area contributed by atoms with Crippen molar-refractivity contribution in [1.82, 2.24) is 14.8 Å². The number of aromatic nitrogens is 1. The number of hydrogen-bond donors (Lipinski definition) is 0. The standard InChI is InChI=1S/C20H26FN3OS/c1-2-24(20(25)19-14-26-15-22-19)13-17-6-4-9-23(12-17)10-8-16-5-3-7-18(21)11-16/h3,5,7,11,14-15,17H,2,4,6,8-10,12-13H2,1H3/t17-/m1/s1. The summed E-state index contributed by atoms with van der Waals surface area (Å²) in [5.41, 5.74) is 3.30. The highest BCUT2D eigenvalue weighted by Crippen LogP contribution is 2.19. The summed E-state index contributed by atoms with van der Waals surface area (Å²) in [6, 6.07) is 6.86. The van der Waals surface area contributed by atoms with Gasteiger partial charge in [0, 0.05) is 31.6 Å². The lowest BCUT2D eigenvalue weighted by Gasteiger charge is -2.35. The number of nitrogens with zero attached hydrogens (tertiary/aromatic N) is 3. The van der Waals surface area contributed by atoms with Crippen LogP contribution in [-0.2, 0) is 6.42 Å². The van der Waals surface area contributed by atoms with E-state index in [1.165, 1.54) is 17.4 Å². The van der Waals surface area contributed by atoms with Gasteiger partial charge in [0.2, 0.25) is 0 Å². The van der Waals surface area contributed by atoms with Gasteiger partial charge < -0.3 is 9.80 Å². The van der Waals surface area contributed by atoms with Crippen LogP contribution >= 0.6 is 11.3 Å². The topological polar surface area (TPSA) is 36.4 Å². The number of benzene rings is 1. The first-order chi connectivity index (χ1) is 12.7. The molecule has 1 aromatic carbocycles. The number of thiazole rings is 1. The van der Waals surface area contributed by atoms with Crippen LogP contribution in [0, 0.1) is 11.7 Å². The molecule has 1 fully saturated rings. The minimum atomic E-state index is -0.168. The molecule has 1 aliphatic heterocycles. The lowest BCUT2D eigenvalue weighted by Crippen LogP contribution is -2.43. The van der Waals surface area contributed by atoms with E-state index in [-0.39, 0.29) is 11.7 Å². The average Bonchev–Trinajstić information content (AvgIpc) is 3.19. The molecule has 1 saturated heterocycles. The molecule has 140 valence electrons. The van der Waals surface area contributed by atoms with Gasteiger partial charge in [-0.1, -0.05) is 12.1 Å². The van der Waals surface area contributed by atoms with Crippen LogP contribution in [0.2, 0.25) is 0 Å². The molecule has 2 heterocycles. The molecule has 3 rings (SSSR count). The van der Waals surface area contributed by atoms with Gasteiger partial charge in [-0.05, 0) is 56.3 Å². The van der Waals surface area contributed by atoms with Crippen molar-refractivity contribution >= 4 is 17.2 Å². The van der Waals surface area contributed by atoms with Crippen LogP contribution in [0.15, 0.2) is 35.2 Å². The summed E-state index contributed by atoms with van der Waals surface area (Å²) in [5.74, 6) is 0.350. The van der Waals surface area contributed by atoms with Gasteiger partial charge in [-0.25, -0.2) is 9.37 Å². The van der Waals surface area contributed by atoms with Crippen LogP contribution < -0.4 is 0 Å². The van der Waals surface area contributed by atoms with Gasteiger partial charge in [0.05, 0.1) is 5.51 Å². The summed E-state index contributed by atoms with van der Waals surface area (Å²) in [7, 11) is 0. The molecule has 0 N–H and O–H groups in total. The third kappa shape index (κ3) is 5.11. The summed E-state index contributed by atoms with van der Waals surface area (Å²) >= 11 is 1.45. The summed E-state index contributed by atoms with van der Waals surface area (Å²) in [5, 5.41) is 1.82. The molecule has 0 spiro atoms. The van der Waals surface area contributed by atoms with Crippen LogP contribution in [0.1, 0.15) is 35.8 Å². The molecule has 2 aromatic rings. The van der Waals surface area contributed by atoms with Crippen molar-refractivity contribution < 1.29 is 9.18 Å². The molecular weight excluding hydrogens is 349 g/mol. The smallest absolute Gasteiger partial charge is 0.273 e. The zero-order valence-electron chi connectivity index (χ0n) is 15.2. The second-order valence-electron chi connectivity index (χ2n) is 6.91. The number of piperidine rings is 1. The Balaban J connectivity index is 1.51. The van der Waals surface area contributed by atoms with Gasteiger partial charge in [-0.3, -0.25) is 4.79 Å². The fraction of sp³-hybridized carbons (Fsp3) is 0.500. The van der Waals surface area contributed by atoms with Gasteiger partial charge in [0.25, 0.3) is 5.91 Å². The number of carbonyl (C=O) groups excluding carboxylic acids is 1. The first-order valence-electron chi connectivity index (χ1n) is 9.30. The second kappa shape index (κ2) is 9.24. The number of hydrogen-bond acceptors (Lipinski definition) is 4. The lowest BCUT2D eigenvalue weighted by atomic mass is 9.96. The summed E-state index contributed by atoms with van der Waals surface area (Å²) in [6.07, 6.45) is 3.16. The van der Waals surface area contributed by atoms with Crippen molar-refractivity contribution in [2.24, 2.45) is 5.92 Å². The molecule has 1 atom stereocenters. The van der Waals surface area contributed by atoms with Crippen LogP contribution in [0.3, 0.4) is 0 Å². The van der Waals surface area contributed by atoms with E-state index in [9.17, 15) is 9.18 Å². The van der Waals surface area contributed by atoms with Gasteiger partial charge in [-0.2, -0.15) is 0 Å². The molecule has 1 amide bonds. The first kappa shape index (κ1) is 19.0. The van der Waals surface area contributed by atoms with E-state index in [1.807, 2.05) is 23.3 Å². The minimum Gasteiger partial charge on any atom is -0.337 e. The highest BCUT2D eigenvalue weighted by atomic mass is 32.1. The Bertz CT molecular complexity index is 707. The van der Waals surface area contributed by atoms with Crippen molar-refractivity contribution in [2.75, 3.05) is 32.7 Å². The quantitative estimate of drug-likeness (QED) is 0.740. The molecule has 0 bridgehead atoms. The fourth-order valence-electron chi connectivity index (χ4n) is 3.63. The molecule has 1 aromatic heterocycles. The van der Waals surface area contributed by atoms with E-state index in [1.54, 1.807) is 17.6 Å². The van der Waals surface area contributed by atoms with Crippen molar-refractivity contribution in [3.8, 4) is 0 Å². The molecular formula is C20H26FN3OS. The van der Waals surface area contributed by atoms with E-state index >= 15 is 0 Å². The van der Waals surface area contributed by atoms with Crippen molar-refractivity contribution in [3.63, 3.8) is 0 Å². The first-order valence-corrected chi connectivity index (χ1v) is 10.2. The van der Waals surface area contributed by atoms with Crippen LogP contribution in [0.5, 0.6) is 0 Å². The normalized spacial score (nSPS) is 18.0. The number of carbonyl (C=O) groups is 1. The van der Waals surface area contributed by atoms with Crippen molar-refractivity contribution in [1.29, 1.82) is 0 Å². The molecule has 0 radical (unpaired) electrons. The third-order valence-electron chi connectivity index (χ3n) is 5.01. The molecule has 0 saturated carbocycles. The second-order valence-corrected chi connectivity index (χ2v) is 7.62. The zero-order chi connectivity index (χ0) is 18.4. The number of amides is 1. The van der Waals surface area contributed by atoms with E-state index in [2.05, 4.69) is 9.88 Å². The van der Waals surface area contributed by atoms with E-state index < -0.39 is 0 Å². The Morgan fingerprint density at radius 3 is 3.08 bits per heavy atom. The average molecular weight is 376 g/mol. The fourth-order valence-corrected chi connectivity index (χ4v) is 4.16. The van der Waals surface area contributed by atoms with Crippen LogP contribution in [0.25, 0.3) is 0 Å². The number of likely N-dealkylation sites (tertiary alicyclic amines) is 1. The third-order valence-corrected chi connectivity index (χ3v) is 5.59. The minimum absolute atomic E-state index is 0.0330. The molecule has 0 unspecified atom stereocenters. The highest BCUT2D eigenvalue weighted by Gasteiger charge is 2.24. The summed E-state index contributed by atoms with van der Waals surface area (Å²) < 4.78 is 13.3. The predicted octanol–water partition coefficient (Wildman–Crippen LogP) is 3.70. The highest BCUT2D eigenvalue weighted by molar-refractivity contribution is 7.07. The maximum absolute atomic E-state index is 13.3. The van der Waals surface area contributed by atoms with E-state index in [0.717, 1.165) is 51.0 Å². The van der Waals surface area contributed by atoms with Gasteiger partial charge in [0.15, 0.2) is 0 Å². The van der Waals surface area contributed by atoms with Gasteiger partial charge in [0.1, 0.15) is 11.5 Å². The summed E-state index contributed by atoms with van der Waals surface area (Å²) in [6.45, 7) is 6.52. The molecule has 26 heavy (non-hydrogen) atoms. The Kier molecular flexibility index (Phi) is 6.74. The molecule has 4 nitrogen and oxygen atoms in total. The van der Waals surface area contributed by atoms with Crippen molar-refractivity contribution in [3.05, 3.63) is 52.2 Å². The maximum atomic E-state index is 13.3. The van der Waals surface area contributed by atoms with E-state index in [0.29, 0.717) is 18.2 Å². The van der Waals surface area contributed by atoms with Crippen LogP contribution in [-0.4, -0.2) is 53.4 Å². The zero-order valence-corrected chi connectivity index (χ0v) is 16.1. The Morgan fingerprint density at radius 1 is 1.46 bits per heavy atom. The Morgan fingerprint density at radius 2 is 2.35 bits per heavy atom. The number of rotatable bonds is 7. The Labute approximate surface area is 158 Å². The van der Waals surface area contributed by atoms with Gasteiger partial charge in [-0.15, -0.1) is 11.3 Å². The van der Waals surface area contributed by atoms with Gasteiger partial charge >= 0.3 is 0 Å². The lowest BCUT2D eigenvalue weighted by molar-refractivity contribution is 0.0686. The summed E-state index contributed by atoms with van der Waals surface area (Å²) in [4.78, 5) is 21.1. The monoisotopic (exact) mass is 375 g/mol. The van der Waals surface area contributed by atoms with Crippen LogP contribution in [0.4, 0.5) is 4.39 Å².